The molecule has 1 saturated heterocycles. The highest BCUT2D eigenvalue weighted by atomic mass is 32.2. The van der Waals surface area contributed by atoms with E-state index in [9.17, 15) is 23.3 Å². The fourth-order valence-electron chi connectivity index (χ4n) is 2.89. The van der Waals surface area contributed by atoms with Crippen LogP contribution in [0.15, 0.2) is 18.2 Å². The second-order valence-electron chi connectivity index (χ2n) is 6.26. The van der Waals surface area contributed by atoms with Crippen molar-refractivity contribution in [1.29, 1.82) is 0 Å². The molecule has 9 heteroatoms. The molecule has 0 saturated carbocycles. The molecule has 25 heavy (non-hydrogen) atoms. The van der Waals surface area contributed by atoms with Crippen molar-refractivity contribution in [1.82, 2.24) is 4.31 Å². The topological polar surface area (TPSA) is 110 Å². The Morgan fingerprint density at radius 1 is 1.44 bits per heavy atom. The maximum atomic E-state index is 12.5. The highest BCUT2D eigenvalue weighted by molar-refractivity contribution is 7.89. The van der Waals surface area contributed by atoms with Crippen LogP contribution >= 0.6 is 0 Å². The molecular weight excluding hydrogens is 346 g/mol. The van der Waals surface area contributed by atoms with Crippen LogP contribution in [0.2, 0.25) is 0 Å². The third-order valence-electron chi connectivity index (χ3n) is 4.30. The molecule has 0 aromatic heterocycles. The number of rotatable bonds is 6. The van der Waals surface area contributed by atoms with Crippen molar-refractivity contribution >= 4 is 27.3 Å². The molecule has 1 atom stereocenters. The molecule has 1 aromatic rings. The summed E-state index contributed by atoms with van der Waals surface area (Å²) in [6, 6.07) is 4.28. The number of sulfonamides is 1. The fourth-order valence-corrected chi connectivity index (χ4v) is 4.48. The van der Waals surface area contributed by atoms with Crippen LogP contribution < -0.4 is 5.32 Å². The number of amides is 1. The Kier molecular flexibility index (Phi) is 6.12. The molecule has 1 fully saturated rings. The van der Waals surface area contributed by atoms with E-state index in [1.807, 2.05) is 0 Å². The summed E-state index contributed by atoms with van der Waals surface area (Å²) in [6.45, 7) is 4.14. The Morgan fingerprint density at radius 3 is 2.80 bits per heavy atom. The first-order valence-electron chi connectivity index (χ1n) is 8.28. The van der Waals surface area contributed by atoms with Crippen molar-refractivity contribution in [3.05, 3.63) is 33.9 Å². The minimum absolute atomic E-state index is 0.0747. The molecule has 1 heterocycles. The summed E-state index contributed by atoms with van der Waals surface area (Å²) in [4.78, 5) is 22.9. The van der Waals surface area contributed by atoms with Crippen LogP contribution in [-0.4, -0.2) is 42.4 Å². The van der Waals surface area contributed by atoms with Crippen LogP contribution in [0.4, 0.5) is 11.4 Å². The normalized spacial score (nSPS) is 18.7. The van der Waals surface area contributed by atoms with Crippen molar-refractivity contribution in [2.75, 3.05) is 24.2 Å². The molecule has 0 aliphatic carbocycles. The van der Waals surface area contributed by atoms with Gasteiger partial charge in [-0.3, -0.25) is 14.9 Å². The summed E-state index contributed by atoms with van der Waals surface area (Å²) >= 11 is 0. The zero-order valence-corrected chi connectivity index (χ0v) is 15.2. The fraction of sp³-hybridized carbons (Fsp3) is 0.562. The first-order chi connectivity index (χ1) is 11.7. The highest BCUT2D eigenvalue weighted by Gasteiger charge is 2.32. The molecule has 1 aliphatic rings. The molecule has 1 amide bonds. The molecule has 0 unspecified atom stereocenters. The number of benzene rings is 1. The molecule has 2 rings (SSSR count). The highest BCUT2D eigenvalue weighted by Crippen LogP contribution is 2.25. The van der Waals surface area contributed by atoms with Gasteiger partial charge in [-0.25, -0.2) is 12.7 Å². The maximum Gasteiger partial charge on any atom is 0.271 e. The van der Waals surface area contributed by atoms with Gasteiger partial charge in [-0.1, -0.05) is 13.0 Å². The maximum absolute atomic E-state index is 12.5. The molecule has 0 radical (unpaired) electrons. The Morgan fingerprint density at radius 2 is 2.16 bits per heavy atom. The molecule has 138 valence electrons. The number of aryl methyl sites for hydroxylation is 1. The number of nitro benzene ring substituents is 1. The Bertz CT molecular complexity index is 763. The summed E-state index contributed by atoms with van der Waals surface area (Å²) in [5.41, 5.74) is 0.995. The lowest BCUT2D eigenvalue weighted by Crippen LogP contribution is -2.44. The SMILES string of the molecule is CCCS(=O)(=O)N1CCC[C@@H](C(=O)Nc2cc([N+](=O)[O-])ccc2C)C1. The lowest BCUT2D eigenvalue weighted by molar-refractivity contribution is -0.384. The van der Waals surface area contributed by atoms with Crippen molar-refractivity contribution in [3.63, 3.8) is 0 Å². The van der Waals surface area contributed by atoms with E-state index in [4.69, 9.17) is 0 Å². The van der Waals surface area contributed by atoms with Gasteiger partial charge >= 0.3 is 0 Å². The zero-order valence-electron chi connectivity index (χ0n) is 14.4. The van der Waals surface area contributed by atoms with E-state index >= 15 is 0 Å². The number of non-ortho nitro benzene ring substituents is 1. The predicted molar refractivity (Wildman–Crippen MR) is 94.8 cm³/mol. The van der Waals surface area contributed by atoms with E-state index in [0.717, 1.165) is 0 Å². The number of piperidine rings is 1. The van der Waals surface area contributed by atoms with Crippen LogP contribution in [0.3, 0.4) is 0 Å². The van der Waals surface area contributed by atoms with Crippen LogP contribution in [0, 0.1) is 23.0 Å². The van der Waals surface area contributed by atoms with Gasteiger partial charge in [0.2, 0.25) is 15.9 Å². The zero-order chi connectivity index (χ0) is 18.6. The van der Waals surface area contributed by atoms with Crippen LogP contribution in [0.1, 0.15) is 31.7 Å². The number of nitrogens with one attached hydrogen (secondary N) is 1. The van der Waals surface area contributed by atoms with Crippen molar-refractivity contribution < 1.29 is 18.1 Å². The van der Waals surface area contributed by atoms with Crippen LogP contribution in [0.25, 0.3) is 0 Å². The number of hydrogen-bond acceptors (Lipinski definition) is 5. The Balaban J connectivity index is 2.11. The summed E-state index contributed by atoms with van der Waals surface area (Å²) < 4.78 is 25.8. The molecular formula is C16H23N3O5S. The molecule has 1 N–H and O–H groups in total. The first-order valence-corrected chi connectivity index (χ1v) is 9.89. The van der Waals surface area contributed by atoms with Gasteiger partial charge in [-0.2, -0.15) is 0 Å². The van der Waals surface area contributed by atoms with E-state index in [1.54, 1.807) is 19.9 Å². The Hall–Kier alpha value is -2.00. The third kappa shape index (κ3) is 4.76. The second-order valence-corrected chi connectivity index (χ2v) is 8.35. The quantitative estimate of drug-likeness (QED) is 0.611. The smallest absolute Gasteiger partial charge is 0.271 e. The molecule has 8 nitrogen and oxygen atoms in total. The number of carbonyl (C=O) groups excluding carboxylic acids is 1. The van der Waals surface area contributed by atoms with Crippen molar-refractivity contribution in [2.45, 2.75) is 33.1 Å². The van der Waals surface area contributed by atoms with Gasteiger partial charge in [0.15, 0.2) is 0 Å². The standard InChI is InChI=1S/C16H23N3O5S/c1-3-9-25(23,24)18-8-4-5-13(11-18)16(20)17-15-10-14(19(21)22)7-6-12(15)2/h6-7,10,13H,3-5,8-9,11H2,1-2H3,(H,17,20)/t13-/m1/s1. The number of nitrogens with zero attached hydrogens (tertiary/aromatic N) is 2. The summed E-state index contributed by atoms with van der Waals surface area (Å²) in [5.74, 6) is -0.690. The number of hydrogen-bond donors (Lipinski definition) is 1. The van der Waals surface area contributed by atoms with Gasteiger partial charge in [-0.15, -0.1) is 0 Å². The number of anilines is 1. The Labute approximate surface area is 147 Å². The summed E-state index contributed by atoms with van der Waals surface area (Å²) in [6.07, 6.45) is 1.75. The molecule has 1 aliphatic heterocycles. The van der Waals surface area contributed by atoms with Crippen molar-refractivity contribution in [2.24, 2.45) is 5.92 Å². The average molecular weight is 369 g/mol. The minimum atomic E-state index is -3.33. The minimum Gasteiger partial charge on any atom is -0.325 e. The third-order valence-corrected chi connectivity index (χ3v) is 6.34. The lowest BCUT2D eigenvalue weighted by atomic mass is 9.98. The van der Waals surface area contributed by atoms with E-state index in [2.05, 4.69) is 5.32 Å². The average Bonchev–Trinajstić information content (AvgIpc) is 2.56. The van der Waals surface area contributed by atoms with Crippen molar-refractivity contribution in [3.8, 4) is 0 Å². The molecule has 0 spiro atoms. The number of carbonyl (C=O) groups is 1. The lowest BCUT2D eigenvalue weighted by Gasteiger charge is -2.31. The van der Waals surface area contributed by atoms with E-state index in [-0.39, 0.29) is 23.9 Å². The van der Waals surface area contributed by atoms with Crippen LogP contribution in [0.5, 0.6) is 0 Å². The summed E-state index contributed by atoms with van der Waals surface area (Å²) in [7, 11) is -3.33. The van der Waals surface area contributed by atoms with Gasteiger partial charge in [-0.05, 0) is 31.7 Å². The molecule has 1 aromatic carbocycles. The van der Waals surface area contributed by atoms with Gasteiger partial charge in [0.1, 0.15) is 0 Å². The van der Waals surface area contributed by atoms with Gasteiger partial charge in [0.05, 0.1) is 22.3 Å². The van der Waals surface area contributed by atoms with Gasteiger partial charge in [0, 0.05) is 25.2 Å². The van der Waals surface area contributed by atoms with Gasteiger partial charge < -0.3 is 5.32 Å². The van der Waals surface area contributed by atoms with E-state index < -0.39 is 20.9 Å². The predicted octanol–water partition coefficient (Wildman–Crippen LogP) is 2.29. The second kappa shape index (κ2) is 7.92. The number of nitro groups is 1. The monoisotopic (exact) mass is 369 g/mol. The van der Waals surface area contributed by atoms with E-state index in [0.29, 0.717) is 37.1 Å². The summed E-state index contributed by atoms with van der Waals surface area (Å²) in [5, 5.41) is 13.6. The van der Waals surface area contributed by atoms with Crippen LogP contribution in [-0.2, 0) is 14.8 Å². The largest absolute Gasteiger partial charge is 0.325 e. The van der Waals surface area contributed by atoms with E-state index in [1.165, 1.54) is 16.4 Å². The van der Waals surface area contributed by atoms with Gasteiger partial charge in [0.25, 0.3) is 5.69 Å². The first kappa shape index (κ1) is 19.3. The molecule has 0 bridgehead atoms.